The Morgan fingerprint density at radius 2 is 2.09 bits per heavy atom. The molecular weight excluding hydrogens is 146 g/mol. The SMILES string of the molecule is NC(C(=O)O)[C@H]1[C@@H]2COC[C@@H]21. The first-order valence-corrected chi connectivity index (χ1v) is 3.78. The van der Waals surface area contributed by atoms with Gasteiger partial charge in [-0.3, -0.25) is 4.79 Å². The normalized spacial score (nSPS) is 43.2. The van der Waals surface area contributed by atoms with Crippen LogP contribution in [0, 0.1) is 17.8 Å². The first kappa shape index (κ1) is 7.06. The monoisotopic (exact) mass is 157 g/mol. The van der Waals surface area contributed by atoms with Crippen molar-refractivity contribution in [1.29, 1.82) is 0 Å². The summed E-state index contributed by atoms with van der Waals surface area (Å²) in [5.41, 5.74) is 5.46. The number of carboxylic acid groups (broad SMARTS) is 1. The Morgan fingerprint density at radius 3 is 2.55 bits per heavy atom. The number of carbonyl (C=O) groups is 1. The van der Waals surface area contributed by atoms with Crippen molar-refractivity contribution < 1.29 is 14.6 Å². The Balaban J connectivity index is 1.95. The van der Waals surface area contributed by atoms with Crippen molar-refractivity contribution in [3.05, 3.63) is 0 Å². The predicted molar refractivity (Wildman–Crippen MR) is 36.9 cm³/mol. The maximum atomic E-state index is 10.4. The van der Waals surface area contributed by atoms with Gasteiger partial charge in [-0.15, -0.1) is 0 Å². The van der Waals surface area contributed by atoms with Gasteiger partial charge in [-0.05, 0) is 17.8 Å². The zero-order valence-electron chi connectivity index (χ0n) is 6.06. The fraction of sp³-hybridized carbons (Fsp3) is 0.857. The Labute approximate surface area is 64.3 Å². The van der Waals surface area contributed by atoms with Crippen molar-refractivity contribution in [1.82, 2.24) is 0 Å². The van der Waals surface area contributed by atoms with E-state index in [-0.39, 0.29) is 5.92 Å². The Hall–Kier alpha value is -0.610. The lowest BCUT2D eigenvalue weighted by Crippen LogP contribution is -2.34. The molecular formula is C7H11NO3. The van der Waals surface area contributed by atoms with Crippen LogP contribution in [0.15, 0.2) is 0 Å². The van der Waals surface area contributed by atoms with Crippen LogP contribution in [0.3, 0.4) is 0 Å². The molecule has 0 spiro atoms. The lowest BCUT2D eigenvalue weighted by atomic mass is 10.1. The molecule has 0 aromatic carbocycles. The minimum Gasteiger partial charge on any atom is -0.480 e. The van der Waals surface area contributed by atoms with Gasteiger partial charge in [-0.2, -0.15) is 0 Å². The minimum absolute atomic E-state index is 0.182. The van der Waals surface area contributed by atoms with Crippen molar-refractivity contribution >= 4 is 5.97 Å². The quantitative estimate of drug-likeness (QED) is 0.555. The maximum absolute atomic E-state index is 10.4. The summed E-state index contributed by atoms with van der Waals surface area (Å²) in [6, 6.07) is -0.672. The highest BCUT2D eigenvalue weighted by Gasteiger charge is 2.58. The third kappa shape index (κ3) is 0.937. The lowest BCUT2D eigenvalue weighted by molar-refractivity contribution is -0.139. The van der Waals surface area contributed by atoms with Crippen LogP contribution in [-0.2, 0) is 9.53 Å². The van der Waals surface area contributed by atoms with Crippen molar-refractivity contribution in [2.45, 2.75) is 6.04 Å². The molecule has 2 rings (SSSR count). The molecule has 1 aliphatic heterocycles. The molecule has 2 aliphatic rings. The highest BCUT2D eigenvalue weighted by Crippen LogP contribution is 2.52. The van der Waals surface area contributed by atoms with E-state index in [0.717, 1.165) is 0 Å². The van der Waals surface area contributed by atoms with Gasteiger partial charge in [0.15, 0.2) is 0 Å². The van der Waals surface area contributed by atoms with E-state index < -0.39 is 12.0 Å². The minimum atomic E-state index is -0.885. The first-order valence-electron chi connectivity index (χ1n) is 3.78. The number of nitrogens with two attached hydrogens (primary N) is 1. The second-order valence-electron chi connectivity index (χ2n) is 3.31. The molecule has 62 valence electrons. The molecule has 11 heavy (non-hydrogen) atoms. The maximum Gasteiger partial charge on any atom is 0.320 e. The summed E-state index contributed by atoms with van der Waals surface area (Å²) in [5, 5.41) is 8.58. The molecule has 1 saturated carbocycles. The van der Waals surface area contributed by atoms with E-state index in [1.54, 1.807) is 0 Å². The number of hydrogen-bond acceptors (Lipinski definition) is 3. The number of fused-ring (bicyclic) bond motifs is 1. The lowest BCUT2D eigenvalue weighted by Gasteiger charge is -2.07. The van der Waals surface area contributed by atoms with E-state index in [1.165, 1.54) is 0 Å². The molecule has 4 heteroatoms. The largest absolute Gasteiger partial charge is 0.480 e. The molecule has 1 unspecified atom stereocenters. The smallest absolute Gasteiger partial charge is 0.320 e. The van der Waals surface area contributed by atoms with Crippen LogP contribution in [0.5, 0.6) is 0 Å². The molecule has 2 fully saturated rings. The number of aliphatic carboxylic acids is 1. The van der Waals surface area contributed by atoms with Gasteiger partial charge >= 0.3 is 5.97 Å². The number of rotatable bonds is 2. The summed E-state index contributed by atoms with van der Waals surface area (Å²) in [7, 11) is 0. The van der Waals surface area contributed by atoms with E-state index >= 15 is 0 Å². The van der Waals surface area contributed by atoms with Crippen LogP contribution in [0.25, 0.3) is 0 Å². The van der Waals surface area contributed by atoms with Gasteiger partial charge in [0.05, 0.1) is 13.2 Å². The Kier molecular flexibility index (Phi) is 1.40. The van der Waals surface area contributed by atoms with E-state index in [1.807, 2.05) is 0 Å². The summed E-state index contributed by atoms with van der Waals surface area (Å²) in [6.07, 6.45) is 0. The highest BCUT2D eigenvalue weighted by atomic mass is 16.5. The molecule has 0 bridgehead atoms. The van der Waals surface area contributed by atoms with Crippen LogP contribution in [0.1, 0.15) is 0 Å². The molecule has 3 N–H and O–H groups in total. The second-order valence-corrected chi connectivity index (χ2v) is 3.31. The van der Waals surface area contributed by atoms with Crippen molar-refractivity contribution in [3.63, 3.8) is 0 Å². The van der Waals surface area contributed by atoms with E-state index in [9.17, 15) is 4.79 Å². The average Bonchev–Trinajstić information content (AvgIpc) is 2.41. The zero-order valence-corrected chi connectivity index (χ0v) is 6.06. The molecule has 1 heterocycles. The van der Waals surface area contributed by atoms with E-state index in [2.05, 4.69) is 0 Å². The number of carboxylic acids is 1. The summed E-state index contributed by atoms with van der Waals surface area (Å²) in [5.74, 6) is 0.160. The predicted octanol–water partition coefficient (Wildman–Crippen LogP) is -0.709. The van der Waals surface area contributed by atoms with Gasteiger partial charge in [0.25, 0.3) is 0 Å². The molecule has 0 radical (unpaired) electrons. The van der Waals surface area contributed by atoms with Crippen LogP contribution >= 0.6 is 0 Å². The highest BCUT2D eigenvalue weighted by molar-refractivity contribution is 5.74. The van der Waals surface area contributed by atoms with Crippen molar-refractivity contribution in [2.75, 3.05) is 13.2 Å². The summed E-state index contributed by atoms with van der Waals surface area (Å²) in [4.78, 5) is 10.4. The molecule has 0 amide bonds. The topological polar surface area (TPSA) is 72.6 Å². The summed E-state index contributed by atoms with van der Waals surface area (Å²) < 4.78 is 5.12. The second kappa shape index (κ2) is 2.19. The standard InChI is InChI=1S/C7H11NO3/c8-6(7(9)10)5-3-1-11-2-4(3)5/h3-6H,1-2,8H2,(H,9,10)/t3-,4+,5+,6?. The molecule has 1 saturated heterocycles. The average molecular weight is 157 g/mol. The summed E-state index contributed by atoms with van der Waals surface area (Å²) in [6.45, 7) is 1.41. The molecule has 4 nitrogen and oxygen atoms in total. The Bertz CT molecular complexity index is 184. The molecule has 0 aromatic heterocycles. The van der Waals surface area contributed by atoms with Crippen LogP contribution < -0.4 is 5.73 Å². The number of hydrogen-bond donors (Lipinski definition) is 2. The van der Waals surface area contributed by atoms with Crippen molar-refractivity contribution in [3.8, 4) is 0 Å². The van der Waals surface area contributed by atoms with Gasteiger partial charge in [-0.1, -0.05) is 0 Å². The third-order valence-electron chi connectivity index (χ3n) is 2.72. The van der Waals surface area contributed by atoms with Crippen LogP contribution in [-0.4, -0.2) is 30.3 Å². The third-order valence-corrected chi connectivity index (χ3v) is 2.72. The van der Waals surface area contributed by atoms with E-state index in [0.29, 0.717) is 25.0 Å². The molecule has 0 aromatic rings. The number of ether oxygens (including phenoxy) is 1. The van der Waals surface area contributed by atoms with Crippen molar-refractivity contribution in [2.24, 2.45) is 23.5 Å². The van der Waals surface area contributed by atoms with Crippen LogP contribution in [0.4, 0.5) is 0 Å². The fourth-order valence-corrected chi connectivity index (χ4v) is 1.98. The first-order chi connectivity index (χ1) is 5.22. The Morgan fingerprint density at radius 1 is 1.55 bits per heavy atom. The molecule has 4 atom stereocenters. The zero-order chi connectivity index (χ0) is 8.01. The van der Waals surface area contributed by atoms with Gasteiger partial charge < -0.3 is 15.6 Å². The van der Waals surface area contributed by atoms with Gasteiger partial charge in [-0.25, -0.2) is 0 Å². The van der Waals surface area contributed by atoms with Gasteiger partial charge in [0, 0.05) is 0 Å². The summed E-state index contributed by atoms with van der Waals surface area (Å²) >= 11 is 0. The fourth-order valence-electron chi connectivity index (χ4n) is 1.98. The van der Waals surface area contributed by atoms with Crippen LogP contribution in [0.2, 0.25) is 0 Å². The molecule has 1 aliphatic carbocycles. The van der Waals surface area contributed by atoms with Gasteiger partial charge in [0.1, 0.15) is 6.04 Å². The van der Waals surface area contributed by atoms with E-state index in [4.69, 9.17) is 15.6 Å². The van der Waals surface area contributed by atoms with Gasteiger partial charge in [0.2, 0.25) is 0 Å².